The molecule has 0 fully saturated rings. The summed E-state index contributed by atoms with van der Waals surface area (Å²) in [5.74, 6) is 0.589. The van der Waals surface area contributed by atoms with E-state index in [1.807, 2.05) is 0 Å². The zero-order chi connectivity index (χ0) is 11.4. The summed E-state index contributed by atoms with van der Waals surface area (Å²) in [4.78, 5) is 0. The average Bonchev–Trinajstić information content (AvgIpc) is 2.79. The van der Waals surface area contributed by atoms with Crippen LogP contribution in [0, 0.1) is 0 Å². The molecule has 0 amide bonds. The Morgan fingerprint density at radius 2 is 1.89 bits per heavy atom. The molecule has 1 aromatic carbocycles. The van der Waals surface area contributed by atoms with E-state index in [9.17, 15) is 0 Å². The van der Waals surface area contributed by atoms with Gasteiger partial charge in [0.2, 0.25) is 0 Å². The van der Waals surface area contributed by atoms with Gasteiger partial charge in [0.25, 0.3) is 0 Å². The number of rotatable bonds is 4. The summed E-state index contributed by atoms with van der Waals surface area (Å²) in [7, 11) is 0. The second-order valence-electron chi connectivity index (χ2n) is 4.32. The van der Waals surface area contributed by atoms with Gasteiger partial charge in [0.05, 0.1) is 0 Å². The van der Waals surface area contributed by atoms with Crippen LogP contribution in [0.3, 0.4) is 0 Å². The smallest absolute Gasteiger partial charge is 1.00 e. The quantitative estimate of drug-likeness (QED) is 0.638. The van der Waals surface area contributed by atoms with Crippen LogP contribution in [-0.2, 0) is 19.4 Å². The molecule has 1 nitrogen and oxygen atoms in total. The van der Waals surface area contributed by atoms with Crippen molar-refractivity contribution in [2.75, 3.05) is 3.80 Å². The summed E-state index contributed by atoms with van der Waals surface area (Å²) in [5, 5.41) is 0. The topological polar surface area (TPSA) is 12.0 Å². The van der Waals surface area contributed by atoms with Crippen molar-refractivity contribution in [1.29, 1.82) is 0 Å². The van der Waals surface area contributed by atoms with Crippen molar-refractivity contribution >= 4 is 5.69 Å². The predicted octanol–water partition coefficient (Wildman–Crippen LogP) is -1.93. The zero-order valence-corrected chi connectivity index (χ0v) is 13.7. The monoisotopic (exact) mass is 317 g/mol. The van der Waals surface area contributed by atoms with E-state index < -0.39 is 0 Å². The van der Waals surface area contributed by atoms with Crippen LogP contribution in [0.2, 0.25) is 0 Å². The molecule has 0 spiro atoms. The van der Waals surface area contributed by atoms with E-state index in [1.54, 1.807) is 3.88 Å². The van der Waals surface area contributed by atoms with Gasteiger partial charge in [-0.2, -0.15) is 0 Å². The fraction of sp³-hybridized carbons (Fsp3) is 0.286. The average molecular weight is 318 g/mol. The van der Waals surface area contributed by atoms with Crippen molar-refractivity contribution in [1.82, 2.24) is 0 Å². The third-order valence-electron chi connectivity index (χ3n) is 2.71. The molecule has 0 aliphatic heterocycles. The van der Waals surface area contributed by atoms with Gasteiger partial charge < -0.3 is 24.8 Å². The van der Waals surface area contributed by atoms with Gasteiger partial charge >= 0.3 is 107 Å². The van der Waals surface area contributed by atoms with Gasteiger partial charge in [-0.25, -0.2) is 0 Å². The fourth-order valence-electron chi connectivity index (χ4n) is 1.80. The molecule has 4 heteroatoms. The molecule has 0 heterocycles. The van der Waals surface area contributed by atoms with E-state index in [1.165, 1.54) is 11.3 Å². The van der Waals surface area contributed by atoms with Gasteiger partial charge in [-0.1, -0.05) is 0 Å². The molecule has 0 radical (unpaired) electrons. The fourth-order valence-corrected chi connectivity index (χ4v) is 3.24. The van der Waals surface area contributed by atoms with Crippen molar-refractivity contribution in [3.05, 3.63) is 51.9 Å². The first-order chi connectivity index (χ1) is 7.77. The number of nitrogens with one attached hydrogen (secondary N) is 1. The van der Waals surface area contributed by atoms with Gasteiger partial charge in [0.15, 0.2) is 0 Å². The number of hydrogen-bond donors (Lipinski definition) is 1. The summed E-state index contributed by atoms with van der Waals surface area (Å²) >= 11 is -0.188. The van der Waals surface area contributed by atoms with Crippen LogP contribution in [-0.4, -0.2) is 0 Å². The Bertz CT molecular complexity index is 428. The van der Waals surface area contributed by atoms with Crippen molar-refractivity contribution in [3.8, 4) is 0 Å². The molecule has 1 aromatic rings. The minimum atomic E-state index is -0.188. The second kappa shape index (κ2) is 8.82. The van der Waals surface area contributed by atoms with Crippen LogP contribution in [0.15, 0.2) is 46.4 Å². The van der Waals surface area contributed by atoms with Gasteiger partial charge in [-0.3, -0.25) is 0 Å². The first kappa shape index (κ1) is 17.8. The summed E-state index contributed by atoms with van der Waals surface area (Å²) < 4.78 is 5.24. The predicted molar refractivity (Wildman–Crippen MR) is 66.0 cm³/mol. The minimum Gasteiger partial charge on any atom is -1.00 e. The van der Waals surface area contributed by atoms with Crippen molar-refractivity contribution in [3.63, 3.8) is 0 Å². The van der Waals surface area contributed by atoms with Gasteiger partial charge in [0, 0.05) is 0 Å². The third kappa shape index (κ3) is 4.82. The van der Waals surface area contributed by atoms with E-state index >= 15 is 0 Å². The number of benzene rings is 1. The van der Waals surface area contributed by atoms with Crippen molar-refractivity contribution in [2.24, 2.45) is 0 Å². The van der Waals surface area contributed by atoms with E-state index in [2.05, 4.69) is 60.1 Å². The Morgan fingerprint density at radius 3 is 2.50 bits per heavy atom. The van der Waals surface area contributed by atoms with Crippen molar-refractivity contribution in [2.45, 2.75) is 26.2 Å². The molecule has 0 bridgehead atoms. The second-order valence-corrected chi connectivity index (χ2v) is 6.10. The van der Waals surface area contributed by atoms with Crippen LogP contribution in [0.25, 0.3) is 0 Å². The van der Waals surface area contributed by atoms with Crippen LogP contribution in [0.1, 0.15) is 31.7 Å². The largest absolute Gasteiger partial charge is 1.00 e. The molecule has 2 rings (SSSR count). The summed E-state index contributed by atoms with van der Waals surface area (Å²) in [6, 6.07) is 8.65. The van der Waals surface area contributed by atoms with Crippen LogP contribution in [0.4, 0.5) is 5.69 Å². The van der Waals surface area contributed by atoms with Gasteiger partial charge in [-0.15, -0.1) is 0 Å². The standard InChI is InChI=1S/C9H12N.C5H5.2ClH.Ti/c1-7(2)8-5-3-4-6-9(8)10;1-2-4-5-3-1;;;/h3-7,10H,1-2H3;1-3H,4H2;2*1H;/q-1;;;;+3/p-2. The van der Waals surface area contributed by atoms with Crippen LogP contribution in [0.5, 0.6) is 0 Å². The number of para-hydroxylation sites is 1. The SMILES string of the molecule is CC(C)c1ccccc1[NH][Ti+2][C]1=CC=CC1.[Cl-].[Cl-]. The minimum absolute atomic E-state index is 0. The van der Waals surface area contributed by atoms with E-state index in [0.717, 1.165) is 6.42 Å². The summed E-state index contributed by atoms with van der Waals surface area (Å²) in [6.07, 6.45) is 7.80. The molecule has 0 unspecified atom stereocenters. The molecular weight excluding hydrogens is 301 g/mol. The third-order valence-corrected chi connectivity index (χ3v) is 4.41. The van der Waals surface area contributed by atoms with E-state index in [-0.39, 0.29) is 44.2 Å². The number of halogens is 2. The van der Waals surface area contributed by atoms with Gasteiger partial charge in [0.1, 0.15) is 0 Å². The van der Waals surface area contributed by atoms with E-state index in [0.29, 0.717) is 5.92 Å². The van der Waals surface area contributed by atoms with E-state index in [4.69, 9.17) is 0 Å². The molecule has 0 saturated carbocycles. The molecule has 18 heavy (non-hydrogen) atoms. The first-order valence-electron chi connectivity index (χ1n) is 5.74. The maximum atomic E-state index is 3.65. The Morgan fingerprint density at radius 1 is 1.17 bits per heavy atom. The van der Waals surface area contributed by atoms with Crippen molar-refractivity contribution < 1.29 is 44.2 Å². The van der Waals surface area contributed by atoms with Gasteiger partial charge in [-0.05, 0) is 0 Å². The normalized spacial score (nSPS) is 12.3. The molecule has 0 atom stereocenters. The zero-order valence-electron chi connectivity index (χ0n) is 10.6. The van der Waals surface area contributed by atoms with Crippen LogP contribution < -0.4 is 28.6 Å². The maximum Gasteiger partial charge on any atom is -1.00 e. The van der Waals surface area contributed by atoms with Crippen LogP contribution >= 0.6 is 0 Å². The maximum absolute atomic E-state index is 3.65. The molecular formula is C14H17Cl2NTi. The Hall–Kier alpha value is -0.206. The Kier molecular flexibility index (Phi) is 8.72. The molecule has 96 valence electrons. The number of hydrogen-bond acceptors (Lipinski definition) is 1. The molecule has 0 saturated heterocycles. The first-order valence-corrected chi connectivity index (χ1v) is 7.30. The summed E-state index contributed by atoms with van der Waals surface area (Å²) in [6.45, 7) is 4.49. The number of anilines is 1. The molecule has 1 aliphatic rings. The molecule has 0 aromatic heterocycles. The Labute approximate surface area is 131 Å². The summed E-state index contributed by atoms with van der Waals surface area (Å²) in [5.41, 5.74) is 2.75. The number of allylic oxidation sites excluding steroid dienone is 4. The molecule has 1 aliphatic carbocycles. The molecule has 1 N–H and O–H groups in total. The Balaban J connectivity index is 0.00000144.